The molecule has 1 N–H and O–H groups in total. The molecular formula is C13H26N2O. The molecule has 0 aromatic carbocycles. The predicted octanol–water partition coefficient (Wildman–Crippen LogP) is 1.63. The van der Waals surface area contributed by atoms with Crippen molar-refractivity contribution in [2.24, 2.45) is 0 Å². The third kappa shape index (κ3) is 3.72. The van der Waals surface area contributed by atoms with E-state index in [0.29, 0.717) is 6.10 Å². The molecule has 2 aliphatic rings. The van der Waals surface area contributed by atoms with Crippen LogP contribution in [0.3, 0.4) is 0 Å². The van der Waals surface area contributed by atoms with Crippen LogP contribution in [0.5, 0.6) is 0 Å². The Bertz CT molecular complexity index is 186. The van der Waals surface area contributed by atoms with Crippen LogP contribution in [-0.4, -0.2) is 49.8 Å². The minimum atomic E-state index is 0.511. The van der Waals surface area contributed by atoms with Gasteiger partial charge >= 0.3 is 0 Å². The zero-order valence-electron chi connectivity index (χ0n) is 10.6. The molecule has 2 fully saturated rings. The van der Waals surface area contributed by atoms with Crippen LogP contribution in [-0.2, 0) is 4.74 Å². The zero-order valence-corrected chi connectivity index (χ0v) is 10.6. The molecule has 3 nitrogen and oxygen atoms in total. The average molecular weight is 226 g/mol. The smallest absolute Gasteiger partial charge is 0.0702 e. The molecule has 2 atom stereocenters. The molecular weight excluding hydrogens is 200 g/mol. The number of hydrogen-bond donors (Lipinski definition) is 1. The number of nitrogens with zero attached hydrogens (tertiary/aromatic N) is 1. The predicted molar refractivity (Wildman–Crippen MR) is 66.7 cm³/mol. The lowest BCUT2D eigenvalue weighted by molar-refractivity contribution is 0.0737. The van der Waals surface area contributed by atoms with E-state index in [1.54, 1.807) is 0 Å². The highest BCUT2D eigenvalue weighted by Crippen LogP contribution is 2.14. The Hall–Kier alpha value is -0.120. The lowest BCUT2D eigenvalue weighted by Gasteiger charge is -2.25. The van der Waals surface area contributed by atoms with E-state index >= 15 is 0 Å². The standard InChI is InChI=1S/C13H26N2O/c1-2-15(11-13-6-4-10-16-13)9-7-12-5-3-8-14-12/h12-14H,2-11H2,1H3. The summed E-state index contributed by atoms with van der Waals surface area (Å²) in [5.74, 6) is 0. The van der Waals surface area contributed by atoms with Crippen molar-refractivity contribution in [3.05, 3.63) is 0 Å². The van der Waals surface area contributed by atoms with Gasteiger partial charge in [0.1, 0.15) is 0 Å². The minimum Gasteiger partial charge on any atom is -0.377 e. The lowest BCUT2D eigenvalue weighted by Crippen LogP contribution is -2.35. The van der Waals surface area contributed by atoms with E-state index in [4.69, 9.17) is 4.74 Å². The van der Waals surface area contributed by atoms with Gasteiger partial charge < -0.3 is 15.0 Å². The number of nitrogens with one attached hydrogen (secondary N) is 1. The molecule has 2 aliphatic heterocycles. The lowest BCUT2D eigenvalue weighted by atomic mass is 10.1. The van der Waals surface area contributed by atoms with E-state index < -0.39 is 0 Å². The summed E-state index contributed by atoms with van der Waals surface area (Å²) in [4.78, 5) is 2.55. The first-order chi connectivity index (χ1) is 7.88. The third-order valence-electron chi connectivity index (χ3n) is 3.89. The van der Waals surface area contributed by atoms with Crippen molar-refractivity contribution in [3.63, 3.8) is 0 Å². The summed E-state index contributed by atoms with van der Waals surface area (Å²) in [5.41, 5.74) is 0. The number of rotatable bonds is 6. The van der Waals surface area contributed by atoms with Crippen LogP contribution >= 0.6 is 0 Å². The van der Waals surface area contributed by atoms with Crippen LogP contribution in [0.25, 0.3) is 0 Å². The van der Waals surface area contributed by atoms with Crippen molar-refractivity contribution in [2.45, 2.75) is 51.2 Å². The van der Waals surface area contributed by atoms with Gasteiger partial charge in [-0.25, -0.2) is 0 Å². The van der Waals surface area contributed by atoms with Gasteiger partial charge in [-0.1, -0.05) is 6.92 Å². The molecule has 0 bridgehead atoms. The second-order valence-electron chi connectivity index (χ2n) is 5.11. The van der Waals surface area contributed by atoms with Crippen LogP contribution in [0.15, 0.2) is 0 Å². The van der Waals surface area contributed by atoms with Gasteiger partial charge in [0.05, 0.1) is 6.10 Å². The first-order valence-electron chi connectivity index (χ1n) is 6.96. The molecule has 2 saturated heterocycles. The van der Waals surface area contributed by atoms with Gasteiger partial charge in [-0.2, -0.15) is 0 Å². The number of hydrogen-bond acceptors (Lipinski definition) is 3. The SMILES string of the molecule is CCN(CCC1CCCN1)CC1CCCO1. The van der Waals surface area contributed by atoms with E-state index in [1.807, 2.05) is 0 Å². The summed E-state index contributed by atoms with van der Waals surface area (Å²) < 4.78 is 5.70. The summed E-state index contributed by atoms with van der Waals surface area (Å²) in [6, 6.07) is 0.776. The minimum absolute atomic E-state index is 0.511. The Labute approximate surface area is 99.5 Å². The summed E-state index contributed by atoms with van der Waals surface area (Å²) in [6.07, 6.45) is 7.07. The van der Waals surface area contributed by atoms with Crippen molar-refractivity contribution in [2.75, 3.05) is 32.8 Å². The second-order valence-corrected chi connectivity index (χ2v) is 5.11. The summed E-state index contributed by atoms with van der Waals surface area (Å²) in [5, 5.41) is 3.57. The van der Waals surface area contributed by atoms with E-state index in [9.17, 15) is 0 Å². The van der Waals surface area contributed by atoms with Gasteiger partial charge in [0.2, 0.25) is 0 Å². The normalized spacial score (nSPS) is 30.4. The molecule has 0 aliphatic carbocycles. The van der Waals surface area contributed by atoms with Gasteiger partial charge in [-0.15, -0.1) is 0 Å². The molecule has 0 aromatic rings. The van der Waals surface area contributed by atoms with E-state index in [1.165, 1.54) is 45.2 Å². The summed E-state index contributed by atoms with van der Waals surface area (Å²) in [7, 11) is 0. The molecule has 2 unspecified atom stereocenters. The fourth-order valence-corrected chi connectivity index (χ4v) is 2.80. The molecule has 2 rings (SSSR count). The Balaban J connectivity index is 1.63. The topological polar surface area (TPSA) is 24.5 Å². The van der Waals surface area contributed by atoms with Crippen LogP contribution in [0.2, 0.25) is 0 Å². The van der Waals surface area contributed by atoms with Gasteiger partial charge in [-0.3, -0.25) is 0 Å². The van der Waals surface area contributed by atoms with Crippen LogP contribution in [0.4, 0.5) is 0 Å². The molecule has 0 aromatic heterocycles. The van der Waals surface area contributed by atoms with Gasteiger partial charge in [0.25, 0.3) is 0 Å². The quantitative estimate of drug-likeness (QED) is 0.745. The van der Waals surface area contributed by atoms with E-state index in [-0.39, 0.29) is 0 Å². The van der Waals surface area contributed by atoms with Crippen molar-refractivity contribution in [1.29, 1.82) is 0 Å². The Kier molecular flexibility index (Phi) is 5.07. The highest BCUT2D eigenvalue weighted by Gasteiger charge is 2.20. The number of likely N-dealkylation sites (N-methyl/N-ethyl adjacent to an activating group) is 1. The maximum absolute atomic E-state index is 5.70. The molecule has 2 heterocycles. The van der Waals surface area contributed by atoms with Crippen molar-refractivity contribution in [3.8, 4) is 0 Å². The molecule has 3 heteroatoms. The molecule has 16 heavy (non-hydrogen) atoms. The highest BCUT2D eigenvalue weighted by atomic mass is 16.5. The summed E-state index contributed by atoms with van der Waals surface area (Å²) >= 11 is 0. The zero-order chi connectivity index (χ0) is 11.2. The van der Waals surface area contributed by atoms with Crippen molar-refractivity contribution >= 4 is 0 Å². The van der Waals surface area contributed by atoms with Crippen molar-refractivity contribution in [1.82, 2.24) is 10.2 Å². The van der Waals surface area contributed by atoms with Crippen LogP contribution in [0, 0.1) is 0 Å². The van der Waals surface area contributed by atoms with Crippen molar-refractivity contribution < 1.29 is 4.74 Å². The van der Waals surface area contributed by atoms with Gasteiger partial charge in [0, 0.05) is 19.2 Å². The maximum Gasteiger partial charge on any atom is 0.0702 e. The maximum atomic E-state index is 5.70. The summed E-state index contributed by atoms with van der Waals surface area (Å²) in [6.45, 7) is 8.00. The van der Waals surface area contributed by atoms with Gasteiger partial charge in [-0.05, 0) is 51.7 Å². The first kappa shape index (κ1) is 12.3. The fraction of sp³-hybridized carbons (Fsp3) is 1.00. The first-order valence-corrected chi connectivity index (χ1v) is 6.96. The monoisotopic (exact) mass is 226 g/mol. The Morgan fingerprint density at radius 3 is 2.88 bits per heavy atom. The fourth-order valence-electron chi connectivity index (χ4n) is 2.80. The Morgan fingerprint density at radius 1 is 1.31 bits per heavy atom. The van der Waals surface area contributed by atoms with Gasteiger partial charge in [0.15, 0.2) is 0 Å². The largest absolute Gasteiger partial charge is 0.377 e. The molecule has 94 valence electrons. The molecule has 0 radical (unpaired) electrons. The molecule has 0 saturated carbocycles. The second kappa shape index (κ2) is 6.58. The third-order valence-corrected chi connectivity index (χ3v) is 3.89. The van der Waals surface area contributed by atoms with E-state index in [0.717, 1.165) is 25.7 Å². The van der Waals surface area contributed by atoms with Crippen LogP contribution in [0.1, 0.15) is 39.0 Å². The van der Waals surface area contributed by atoms with E-state index in [2.05, 4.69) is 17.1 Å². The highest BCUT2D eigenvalue weighted by molar-refractivity contribution is 4.76. The Morgan fingerprint density at radius 2 is 2.25 bits per heavy atom. The molecule has 0 amide bonds. The number of ether oxygens (including phenoxy) is 1. The molecule has 0 spiro atoms. The average Bonchev–Trinajstić information content (AvgIpc) is 2.97. The van der Waals surface area contributed by atoms with Crippen LogP contribution < -0.4 is 5.32 Å².